The number of nitrogen functional groups attached to an aromatic ring is 1. The maximum atomic E-state index is 12.9. The van der Waals surface area contributed by atoms with E-state index in [1.807, 2.05) is 78.2 Å². The van der Waals surface area contributed by atoms with Crippen molar-refractivity contribution in [2.75, 3.05) is 5.73 Å². The standard InChI is InChI=1S/C34H27N9O2/c1-21-18-30(44)43(41-21)25-12-10-24(11-13-25)34(45)38-20-22-9-16-29(37-19-22)42-32(26-8-5-17-36-31(26)35)40-28-15-14-27(39-33(28)42)23-6-3-2-4-7-23/h2-19,41H,20H2,1H3,(H2,35,36)(H,38,45). The summed E-state index contributed by atoms with van der Waals surface area (Å²) in [6, 6.07) is 29.6. The first-order valence-corrected chi connectivity index (χ1v) is 14.2. The lowest BCUT2D eigenvalue weighted by Crippen LogP contribution is -2.23. The van der Waals surface area contributed by atoms with Gasteiger partial charge in [0.2, 0.25) is 0 Å². The predicted molar refractivity (Wildman–Crippen MR) is 172 cm³/mol. The lowest BCUT2D eigenvalue weighted by Gasteiger charge is -2.11. The number of nitrogens with one attached hydrogen (secondary N) is 2. The molecule has 7 rings (SSSR count). The van der Waals surface area contributed by atoms with E-state index >= 15 is 0 Å². The third-order valence-corrected chi connectivity index (χ3v) is 7.38. The van der Waals surface area contributed by atoms with E-state index < -0.39 is 0 Å². The second-order valence-electron chi connectivity index (χ2n) is 10.5. The Hall–Kier alpha value is -6.36. The van der Waals surface area contributed by atoms with Crippen LogP contribution in [0.3, 0.4) is 0 Å². The van der Waals surface area contributed by atoms with Crippen molar-refractivity contribution >= 4 is 22.9 Å². The Bertz CT molecular complexity index is 2220. The van der Waals surface area contributed by atoms with E-state index in [9.17, 15) is 9.59 Å². The zero-order chi connectivity index (χ0) is 30.9. The zero-order valence-corrected chi connectivity index (χ0v) is 24.2. The van der Waals surface area contributed by atoms with Gasteiger partial charge in [-0.25, -0.2) is 24.6 Å². The number of hydrogen-bond donors (Lipinski definition) is 3. The van der Waals surface area contributed by atoms with Gasteiger partial charge in [0.25, 0.3) is 11.5 Å². The molecule has 11 heteroatoms. The Balaban J connectivity index is 1.16. The lowest BCUT2D eigenvalue weighted by atomic mass is 10.1. The SMILES string of the molecule is Cc1cc(=O)n(-c2ccc(C(=O)NCc3ccc(-n4c(-c5cccnc5N)nc5ccc(-c6ccccc6)nc54)nc3)cc2)[nH]1. The fourth-order valence-electron chi connectivity index (χ4n) is 5.14. The van der Waals surface area contributed by atoms with Crippen LogP contribution in [0.25, 0.3) is 45.3 Å². The molecule has 4 N–H and O–H groups in total. The van der Waals surface area contributed by atoms with Gasteiger partial charge in [0, 0.05) is 41.8 Å². The van der Waals surface area contributed by atoms with Crippen LogP contribution in [0.4, 0.5) is 5.82 Å². The fourth-order valence-corrected chi connectivity index (χ4v) is 5.14. The van der Waals surface area contributed by atoms with E-state index in [2.05, 4.69) is 15.4 Å². The topological polar surface area (TPSA) is 149 Å². The molecule has 0 saturated heterocycles. The Kier molecular flexibility index (Phi) is 6.95. The summed E-state index contributed by atoms with van der Waals surface area (Å²) < 4.78 is 3.30. The Morgan fingerprint density at radius 1 is 0.911 bits per heavy atom. The Morgan fingerprint density at radius 2 is 1.73 bits per heavy atom. The number of aromatic amines is 1. The number of pyridine rings is 3. The van der Waals surface area contributed by atoms with Crippen molar-refractivity contribution in [3.8, 4) is 34.2 Å². The van der Waals surface area contributed by atoms with Crippen molar-refractivity contribution in [2.24, 2.45) is 0 Å². The summed E-state index contributed by atoms with van der Waals surface area (Å²) in [7, 11) is 0. The van der Waals surface area contributed by atoms with E-state index in [1.54, 1.807) is 36.7 Å². The van der Waals surface area contributed by atoms with Crippen LogP contribution in [0, 0.1) is 6.92 Å². The molecular formula is C34H27N9O2. The van der Waals surface area contributed by atoms with Gasteiger partial charge in [-0.2, -0.15) is 0 Å². The molecule has 5 aromatic heterocycles. The van der Waals surface area contributed by atoms with Gasteiger partial charge in [-0.1, -0.05) is 36.4 Å². The number of amides is 1. The number of aryl methyl sites for hydroxylation is 1. The molecule has 0 saturated carbocycles. The monoisotopic (exact) mass is 593 g/mol. The number of carbonyl (C=O) groups excluding carboxylic acids is 1. The number of nitrogens with two attached hydrogens (primary N) is 1. The summed E-state index contributed by atoms with van der Waals surface area (Å²) in [5.74, 6) is 1.27. The molecule has 11 nitrogen and oxygen atoms in total. The molecule has 45 heavy (non-hydrogen) atoms. The van der Waals surface area contributed by atoms with Crippen LogP contribution in [0.2, 0.25) is 0 Å². The average molecular weight is 594 g/mol. The minimum atomic E-state index is -0.242. The fraction of sp³-hybridized carbons (Fsp3) is 0.0588. The van der Waals surface area contributed by atoms with E-state index in [1.165, 1.54) is 10.7 Å². The number of nitrogens with zero attached hydrogens (tertiary/aromatic N) is 6. The van der Waals surface area contributed by atoms with E-state index in [0.29, 0.717) is 45.4 Å². The van der Waals surface area contributed by atoms with E-state index in [-0.39, 0.29) is 18.0 Å². The molecule has 5 heterocycles. The normalized spacial score (nSPS) is 11.1. The van der Waals surface area contributed by atoms with Crippen LogP contribution >= 0.6 is 0 Å². The first-order chi connectivity index (χ1) is 21.9. The molecule has 0 radical (unpaired) electrons. The second kappa shape index (κ2) is 11.4. The first-order valence-electron chi connectivity index (χ1n) is 14.2. The highest BCUT2D eigenvalue weighted by atomic mass is 16.1. The minimum absolute atomic E-state index is 0.159. The molecule has 0 bridgehead atoms. The van der Waals surface area contributed by atoms with Crippen LogP contribution in [-0.4, -0.2) is 40.2 Å². The van der Waals surface area contributed by atoms with Crippen molar-refractivity contribution in [3.05, 3.63) is 137 Å². The molecule has 0 fully saturated rings. The highest BCUT2D eigenvalue weighted by Crippen LogP contribution is 2.31. The molecule has 0 unspecified atom stereocenters. The maximum Gasteiger partial charge on any atom is 0.271 e. The molecule has 7 aromatic rings. The number of aromatic nitrogens is 7. The molecular weight excluding hydrogens is 566 g/mol. The lowest BCUT2D eigenvalue weighted by molar-refractivity contribution is 0.0951. The van der Waals surface area contributed by atoms with E-state index in [0.717, 1.165) is 22.5 Å². The maximum absolute atomic E-state index is 12.9. The van der Waals surface area contributed by atoms with Crippen molar-refractivity contribution in [1.29, 1.82) is 0 Å². The molecule has 2 aromatic carbocycles. The minimum Gasteiger partial charge on any atom is -0.383 e. The van der Waals surface area contributed by atoms with Crippen LogP contribution in [-0.2, 0) is 6.54 Å². The van der Waals surface area contributed by atoms with Crippen molar-refractivity contribution < 1.29 is 4.79 Å². The predicted octanol–water partition coefficient (Wildman–Crippen LogP) is 4.84. The first kappa shape index (κ1) is 27.5. The average Bonchev–Trinajstić information content (AvgIpc) is 3.62. The molecule has 0 atom stereocenters. The third-order valence-electron chi connectivity index (χ3n) is 7.38. The molecule has 220 valence electrons. The van der Waals surface area contributed by atoms with Crippen molar-refractivity contribution in [3.63, 3.8) is 0 Å². The quantitative estimate of drug-likeness (QED) is 0.239. The zero-order valence-electron chi connectivity index (χ0n) is 24.2. The van der Waals surface area contributed by atoms with Gasteiger partial charge in [0.05, 0.1) is 16.9 Å². The third kappa shape index (κ3) is 5.34. The number of H-pyrrole nitrogens is 1. The summed E-state index contributed by atoms with van der Waals surface area (Å²) in [4.78, 5) is 43.8. The molecule has 0 aliphatic rings. The van der Waals surface area contributed by atoms with Gasteiger partial charge in [-0.3, -0.25) is 19.3 Å². The van der Waals surface area contributed by atoms with Gasteiger partial charge in [-0.15, -0.1) is 0 Å². The second-order valence-corrected chi connectivity index (χ2v) is 10.5. The summed E-state index contributed by atoms with van der Waals surface area (Å²) in [6.07, 6.45) is 3.35. The van der Waals surface area contributed by atoms with Gasteiger partial charge in [-0.05, 0) is 67.1 Å². The van der Waals surface area contributed by atoms with Crippen LogP contribution in [0.1, 0.15) is 21.6 Å². The number of benzene rings is 2. The van der Waals surface area contributed by atoms with E-state index in [4.69, 9.17) is 20.7 Å². The summed E-state index contributed by atoms with van der Waals surface area (Å²) >= 11 is 0. The molecule has 1 amide bonds. The molecule has 0 spiro atoms. The van der Waals surface area contributed by atoms with Crippen LogP contribution in [0.5, 0.6) is 0 Å². The smallest absolute Gasteiger partial charge is 0.271 e. The van der Waals surface area contributed by atoms with Crippen LogP contribution in [0.15, 0.2) is 114 Å². The molecule has 0 aliphatic heterocycles. The Morgan fingerprint density at radius 3 is 2.44 bits per heavy atom. The highest BCUT2D eigenvalue weighted by Gasteiger charge is 2.19. The highest BCUT2D eigenvalue weighted by molar-refractivity contribution is 5.94. The number of fused-ring (bicyclic) bond motifs is 1. The Labute approximate surface area is 257 Å². The number of hydrogen-bond acceptors (Lipinski definition) is 7. The van der Waals surface area contributed by atoms with Gasteiger partial charge in [0.1, 0.15) is 17.2 Å². The number of imidazole rings is 1. The largest absolute Gasteiger partial charge is 0.383 e. The van der Waals surface area contributed by atoms with Crippen molar-refractivity contribution in [2.45, 2.75) is 13.5 Å². The van der Waals surface area contributed by atoms with Gasteiger partial charge < -0.3 is 11.1 Å². The summed E-state index contributed by atoms with van der Waals surface area (Å²) in [5.41, 5.74) is 12.6. The number of carbonyl (C=O) groups is 1. The van der Waals surface area contributed by atoms with Gasteiger partial charge >= 0.3 is 0 Å². The number of anilines is 1. The van der Waals surface area contributed by atoms with Crippen molar-refractivity contribution in [1.82, 2.24) is 39.6 Å². The summed E-state index contributed by atoms with van der Waals surface area (Å²) in [6.45, 7) is 2.08. The molecule has 0 aliphatic carbocycles. The summed E-state index contributed by atoms with van der Waals surface area (Å²) in [5, 5.41) is 5.92. The van der Waals surface area contributed by atoms with Crippen LogP contribution < -0.4 is 16.6 Å². The van der Waals surface area contributed by atoms with Gasteiger partial charge in [0.15, 0.2) is 11.5 Å². The number of rotatable bonds is 7.